The number of likely N-dealkylation sites (N-methyl/N-ethyl adjacent to an activating group) is 1. The molecule has 1 N–H and O–H groups in total. The van der Waals surface area contributed by atoms with Gasteiger partial charge in [-0.1, -0.05) is 24.6 Å². The fourth-order valence-electron chi connectivity index (χ4n) is 3.78. The minimum absolute atomic E-state index is 0.445. The SMILES string of the molecule is CNC(CN1CCCC(C)C1)c1c(C)cc(C)cc1C. The molecule has 20 heavy (non-hydrogen) atoms. The third-order valence-electron chi connectivity index (χ3n) is 4.62. The summed E-state index contributed by atoms with van der Waals surface area (Å²) in [5.41, 5.74) is 5.71. The largest absolute Gasteiger partial charge is 0.312 e. The lowest BCUT2D eigenvalue weighted by molar-refractivity contribution is 0.168. The first kappa shape index (κ1) is 15.5. The monoisotopic (exact) mass is 274 g/mol. The lowest BCUT2D eigenvalue weighted by Gasteiger charge is -2.34. The Morgan fingerprint density at radius 1 is 1.25 bits per heavy atom. The molecule has 2 heteroatoms. The summed E-state index contributed by atoms with van der Waals surface area (Å²) < 4.78 is 0. The van der Waals surface area contributed by atoms with Crippen molar-refractivity contribution >= 4 is 0 Å². The van der Waals surface area contributed by atoms with Crippen LogP contribution in [0.3, 0.4) is 0 Å². The molecule has 1 aromatic rings. The Labute approximate surface area is 124 Å². The highest BCUT2D eigenvalue weighted by Gasteiger charge is 2.22. The van der Waals surface area contributed by atoms with Crippen LogP contribution in [0.15, 0.2) is 12.1 Å². The summed E-state index contributed by atoms with van der Waals surface area (Å²) in [6.45, 7) is 12.7. The molecule has 2 nitrogen and oxygen atoms in total. The molecule has 112 valence electrons. The molecular formula is C18H30N2. The highest BCUT2D eigenvalue weighted by atomic mass is 15.2. The third kappa shape index (κ3) is 3.62. The van der Waals surface area contributed by atoms with E-state index in [0.717, 1.165) is 12.5 Å². The highest BCUT2D eigenvalue weighted by molar-refractivity contribution is 5.39. The number of likely N-dealkylation sites (tertiary alicyclic amines) is 1. The maximum Gasteiger partial charge on any atom is 0.0452 e. The van der Waals surface area contributed by atoms with E-state index in [-0.39, 0.29) is 0 Å². The molecule has 1 saturated heterocycles. The van der Waals surface area contributed by atoms with E-state index >= 15 is 0 Å². The van der Waals surface area contributed by atoms with Crippen LogP contribution in [0.4, 0.5) is 0 Å². The van der Waals surface area contributed by atoms with Crippen LogP contribution in [0, 0.1) is 26.7 Å². The Kier molecular flexibility index (Phi) is 5.22. The maximum atomic E-state index is 3.54. The van der Waals surface area contributed by atoms with Gasteiger partial charge in [0.2, 0.25) is 0 Å². The minimum atomic E-state index is 0.445. The van der Waals surface area contributed by atoms with E-state index in [1.54, 1.807) is 0 Å². The fraction of sp³-hybridized carbons (Fsp3) is 0.667. The van der Waals surface area contributed by atoms with Gasteiger partial charge in [0.25, 0.3) is 0 Å². The average Bonchev–Trinajstić information content (AvgIpc) is 2.36. The molecule has 0 aliphatic carbocycles. The van der Waals surface area contributed by atoms with Gasteiger partial charge in [-0.15, -0.1) is 0 Å². The van der Waals surface area contributed by atoms with Crippen molar-refractivity contribution in [1.29, 1.82) is 0 Å². The van der Waals surface area contributed by atoms with Crippen LogP contribution < -0.4 is 5.32 Å². The van der Waals surface area contributed by atoms with E-state index in [0.29, 0.717) is 6.04 Å². The van der Waals surface area contributed by atoms with Gasteiger partial charge in [0.05, 0.1) is 0 Å². The number of nitrogens with one attached hydrogen (secondary N) is 1. The fourth-order valence-corrected chi connectivity index (χ4v) is 3.78. The lowest BCUT2D eigenvalue weighted by atomic mass is 9.92. The van der Waals surface area contributed by atoms with Crippen LogP contribution >= 0.6 is 0 Å². The van der Waals surface area contributed by atoms with Crippen LogP contribution in [0.5, 0.6) is 0 Å². The van der Waals surface area contributed by atoms with Crippen LogP contribution in [0.1, 0.15) is 48.1 Å². The number of piperidine rings is 1. The molecule has 0 aromatic heterocycles. The van der Waals surface area contributed by atoms with Crippen molar-refractivity contribution in [3.63, 3.8) is 0 Å². The van der Waals surface area contributed by atoms with Gasteiger partial charge in [0, 0.05) is 19.1 Å². The second kappa shape index (κ2) is 6.73. The van der Waals surface area contributed by atoms with Gasteiger partial charge in [-0.3, -0.25) is 0 Å². The van der Waals surface area contributed by atoms with Crippen molar-refractivity contribution in [2.24, 2.45) is 5.92 Å². The number of hydrogen-bond donors (Lipinski definition) is 1. The van der Waals surface area contributed by atoms with Crippen LogP contribution in [0.25, 0.3) is 0 Å². The van der Waals surface area contributed by atoms with Gasteiger partial charge in [0.1, 0.15) is 0 Å². The predicted octanol–water partition coefficient (Wildman–Crippen LogP) is 3.60. The lowest BCUT2D eigenvalue weighted by Crippen LogP contribution is -2.40. The summed E-state index contributed by atoms with van der Waals surface area (Å²) in [5.74, 6) is 0.849. The number of rotatable bonds is 4. The molecule has 0 amide bonds. The molecular weight excluding hydrogens is 244 g/mol. The summed E-state index contributed by atoms with van der Waals surface area (Å²) in [4.78, 5) is 2.63. The summed E-state index contributed by atoms with van der Waals surface area (Å²) in [7, 11) is 2.09. The Morgan fingerprint density at radius 2 is 1.90 bits per heavy atom. The van der Waals surface area contributed by atoms with Crippen molar-refractivity contribution in [1.82, 2.24) is 10.2 Å². The van der Waals surface area contributed by atoms with Crippen molar-refractivity contribution in [3.8, 4) is 0 Å². The van der Waals surface area contributed by atoms with Crippen molar-refractivity contribution in [2.45, 2.75) is 46.6 Å². The Morgan fingerprint density at radius 3 is 2.45 bits per heavy atom. The first-order chi connectivity index (χ1) is 9.51. The van der Waals surface area contributed by atoms with E-state index in [1.165, 1.54) is 48.2 Å². The predicted molar refractivity (Wildman–Crippen MR) is 87.3 cm³/mol. The highest BCUT2D eigenvalue weighted by Crippen LogP contribution is 2.26. The van der Waals surface area contributed by atoms with E-state index < -0.39 is 0 Å². The molecule has 2 rings (SSSR count). The summed E-state index contributed by atoms with van der Waals surface area (Å²) in [6, 6.07) is 5.07. The maximum absolute atomic E-state index is 3.54. The van der Waals surface area contributed by atoms with Crippen molar-refractivity contribution in [2.75, 3.05) is 26.7 Å². The van der Waals surface area contributed by atoms with Gasteiger partial charge in [0.15, 0.2) is 0 Å². The molecule has 1 fully saturated rings. The second-order valence-corrected chi connectivity index (χ2v) is 6.66. The van der Waals surface area contributed by atoms with E-state index in [9.17, 15) is 0 Å². The van der Waals surface area contributed by atoms with Gasteiger partial charge >= 0.3 is 0 Å². The first-order valence-electron chi connectivity index (χ1n) is 7.98. The molecule has 0 radical (unpaired) electrons. The average molecular weight is 274 g/mol. The molecule has 0 bridgehead atoms. The normalized spacial score (nSPS) is 21.9. The van der Waals surface area contributed by atoms with E-state index in [2.05, 4.69) is 57.1 Å². The smallest absolute Gasteiger partial charge is 0.0452 e. The second-order valence-electron chi connectivity index (χ2n) is 6.66. The van der Waals surface area contributed by atoms with E-state index in [4.69, 9.17) is 0 Å². The first-order valence-corrected chi connectivity index (χ1v) is 7.98. The Bertz CT molecular complexity index is 430. The molecule has 0 saturated carbocycles. The molecule has 1 aliphatic rings. The van der Waals surface area contributed by atoms with Gasteiger partial charge in [-0.2, -0.15) is 0 Å². The zero-order valence-electron chi connectivity index (χ0n) is 13.8. The van der Waals surface area contributed by atoms with Crippen LogP contribution in [-0.4, -0.2) is 31.6 Å². The molecule has 1 heterocycles. The number of aryl methyl sites for hydroxylation is 3. The van der Waals surface area contributed by atoms with Gasteiger partial charge < -0.3 is 10.2 Å². The summed E-state index contributed by atoms with van der Waals surface area (Å²) >= 11 is 0. The Balaban J connectivity index is 2.16. The zero-order chi connectivity index (χ0) is 14.7. The van der Waals surface area contributed by atoms with E-state index in [1.807, 2.05) is 0 Å². The third-order valence-corrected chi connectivity index (χ3v) is 4.62. The summed E-state index contributed by atoms with van der Waals surface area (Å²) in [6.07, 6.45) is 2.74. The number of nitrogens with zero attached hydrogens (tertiary/aromatic N) is 1. The van der Waals surface area contributed by atoms with Crippen molar-refractivity contribution < 1.29 is 0 Å². The standard InChI is InChI=1S/C18H30N2/c1-13-7-6-8-20(11-13)12-17(19-5)18-15(3)9-14(2)10-16(18)4/h9-10,13,17,19H,6-8,11-12H2,1-5H3. The summed E-state index contributed by atoms with van der Waals surface area (Å²) in [5, 5.41) is 3.54. The number of hydrogen-bond acceptors (Lipinski definition) is 2. The topological polar surface area (TPSA) is 15.3 Å². The molecule has 2 unspecified atom stereocenters. The molecule has 1 aromatic carbocycles. The molecule has 2 atom stereocenters. The van der Waals surface area contributed by atoms with Gasteiger partial charge in [-0.05, 0) is 69.8 Å². The van der Waals surface area contributed by atoms with Gasteiger partial charge in [-0.25, -0.2) is 0 Å². The Hall–Kier alpha value is -0.860. The van der Waals surface area contributed by atoms with Crippen LogP contribution in [-0.2, 0) is 0 Å². The molecule has 1 aliphatic heterocycles. The van der Waals surface area contributed by atoms with Crippen LogP contribution in [0.2, 0.25) is 0 Å². The zero-order valence-corrected chi connectivity index (χ0v) is 13.8. The quantitative estimate of drug-likeness (QED) is 0.902. The molecule has 0 spiro atoms. The minimum Gasteiger partial charge on any atom is -0.312 e. The number of benzene rings is 1. The van der Waals surface area contributed by atoms with Crippen molar-refractivity contribution in [3.05, 3.63) is 34.4 Å².